The summed E-state index contributed by atoms with van der Waals surface area (Å²) in [6.07, 6.45) is 9.61. The van der Waals surface area contributed by atoms with Crippen LogP contribution in [0.2, 0.25) is 0 Å². The van der Waals surface area contributed by atoms with Crippen LogP contribution in [0.1, 0.15) is 56.2 Å². The molecule has 2 aromatic carbocycles. The van der Waals surface area contributed by atoms with Crippen LogP contribution in [0.25, 0.3) is 5.57 Å². The molecule has 2 aromatic rings. The highest BCUT2D eigenvalue weighted by Crippen LogP contribution is 2.42. The largest absolute Gasteiger partial charge is 0.0884 e. The number of allylic oxidation sites excluding steroid dienone is 4. The quantitative estimate of drug-likeness (QED) is 0.478. The summed E-state index contributed by atoms with van der Waals surface area (Å²) in [4.78, 5) is 0. The summed E-state index contributed by atoms with van der Waals surface area (Å²) >= 11 is 6.74. The van der Waals surface area contributed by atoms with Crippen LogP contribution in [-0.2, 0) is 6.42 Å². The van der Waals surface area contributed by atoms with Gasteiger partial charge in [-0.15, -0.1) is 0 Å². The smallest absolute Gasteiger partial charge is 0.0549 e. The van der Waals surface area contributed by atoms with Crippen LogP contribution < -0.4 is 0 Å². The predicted molar refractivity (Wildman–Crippen MR) is 118 cm³/mol. The highest BCUT2D eigenvalue weighted by molar-refractivity contribution is 6.33. The Bertz CT molecular complexity index is 875. The summed E-state index contributed by atoms with van der Waals surface area (Å²) in [5, 5.41) is 0.907. The van der Waals surface area contributed by atoms with E-state index in [9.17, 15) is 0 Å². The molecule has 3 rings (SSSR count). The van der Waals surface area contributed by atoms with Crippen LogP contribution in [0, 0.1) is 17.3 Å². The Morgan fingerprint density at radius 2 is 1.70 bits per heavy atom. The van der Waals surface area contributed by atoms with Crippen molar-refractivity contribution in [2.24, 2.45) is 5.41 Å². The van der Waals surface area contributed by atoms with Gasteiger partial charge in [0.1, 0.15) is 0 Å². The second kappa shape index (κ2) is 9.12. The maximum atomic E-state index is 6.74. The van der Waals surface area contributed by atoms with Crippen molar-refractivity contribution >= 4 is 17.2 Å². The molecular formula is C26H27Cl. The van der Waals surface area contributed by atoms with Crippen LogP contribution >= 0.6 is 11.6 Å². The lowest BCUT2D eigenvalue weighted by Crippen LogP contribution is -2.18. The predicted octanol–water partition coefficient (Wildman–Crippen LogP) is 7.39. The van der Waals surface area contributed by atoms with Crippen LogP contribution in [0.3, 0.4) is 0 Å². The third kappa shape index (κ3) is 4.94. The molecule has 0 fully saturated rings. The van der Waals surface area contributed by atoms with Gasteiger partial charge in [0.05, 0.1) is 5.41 Å². The summed E-state index contributed by atoms with van der Waals surface area (Å²) in [5.41, 5.74) is 4.57. The molecule has 1 heteroatoms. The van der Waals surface area contributed by atoms with Crippen molar-refractivity contribution in [3.8, 4) is 11.8 Å². The zero-order chi connectivity index (χ0) is 19.1. The van der Waals surface area contributed by atoms with Gasteiger partial charge in [0.2, 0.25) is 0 Å². The van der Waals surface area contributed by atoms with E-state index < -0.39 is 0 Å². The van der Waals surface area contributed by atoms with Crippen molar-refractivity contribution in [3.05, 3.63) is 88.5 Å². The van der Waals surface area contributed by atoms with Crippen molar-refractivity contribution in [2.75, 3.05) is 0 Å². The molecule has 0 amide bonds. The molecule has 1 aliphatic carbocycles. The summed E-state index contributed by atoms with van der Waals surface area (Å²) in [5.74, 6) is 6.95. The Labute approximate surface area is 169 Å². The molecule has 138 valence electrons. The van der Waals surface area contributed by atoms with Crippen LogP contribution in [0.5, 0.6) is 0 Å². The summed E-state index contributed by atoms with van der Waals surface area (Å²) < 4.78 is 0. The standard InChI is InChI=1S/C26H27Cl/c1-3-8-21-11-13-22(14-12-21)15-18-26(17-4-2)19-16-24(25(27)20-26)23-9-6-5-7-10-23/h5-7,9-14,16,19H,3-4,8,17,20H2,1-2H3. The summed E-state index contributed by atoms with van der Waals surface area (Å²) in [6.45, 7) is 4.42. The Kier molecular flexibility index (Phi) is 6.59. The van der Waals surface area contributed by atoms with Gasteiger partial charge in [0, 0.05) is 17.0 Å². The molecule has 0 nitrogen and oxygen atoms in total. The molecule has 0 saturated carbocycles. The molecule has 0 aliphatic heterocycles. The lowest BCUT2D eigenvalue weighted by atomic mass is 9.76. The van der Waals surface area contributed by atoms with Crippen molar-refractivity contribution in [1.29, 1.82) is 0 Å². The van der Waals surface area contributed by atoms with E-state index in [0.717, 1.165) is 41.9 Å². The van der Waals surface area contributed by atoms with Gasteiger partial charge in [0.25, 0.3) is 0 Å². The van der Waals surface area contributed by atoms with E-state index >= 15 is 0 Å². The second-order valence-corrected chi connectivity index (χ2v) is 7.75. The Hall–Kier alpha value is -2.23. The zero-order valence-corrected chi connectivity index (χ0v) is 17.0. The minimum absolute atomic E-state index is 0.174. The van der Waals surface area contributed by atoms with Gasteiger partial charge in [-0.25, -0.2) is 0 Å². The van der Waals surface area contributed by atoms with Crippen molar-refractivity contribution in [2.45, 2.75) is 46.0 Å². The number of hydrogen-bond donors (Lipinski definition) is 0. The number of benzene rings is 2. The Balaban J connectivity index is 1.84. The van der Waals surface area contributed by atoms with Gasteiger partial charge in [-0.05, 0) is 41.7 Å². The average Bonchev–Trinajstić information content (AvgIpc) is 2.69. The molecule has 0 bridgehead atoms. The van der Waals surface area contributed by atoms with Crippen molar-refractivity contribution in [1.82, 2.24) is 0 Å². The molecular weight excluding hydrogens is 348 g/mol. The zero-order valence-electron chi connectivity index (χ0n) is 16.3. The first-order chi connectivity index (χ1) is 13.2. The maximum absolute atomic E-state index is 6.74. The highest BCUT2D eigenvalue weighted by atomic mass is 35.5. The maximum Gasteiger partial charge on any atom is 0.0549 e. The molecule has 0 spiro atoms. The van der Waals surface area contributed by atoms with E-state index in [0.29, 0.717) is 0 Å². The number of hydrogen-bond acceptors (Lipinski definition) is 0. The van der Waals surface area contributed by atoms with Crippen LogP contribution in [-0.4, -0.2) is 0 Å². The van der Waals surface area contributed by atoms with E-state index in [4.69, 9.17) is 11.6 Å². The van der Waals surface area contributed by atoms with Gasteiger partial charge < -0.3 is 0 Å². The molecule has 0 radical (unpaired) electrons. The number of aryl methyl sites for hydroxylation is 1. The molecule has 0 aromatic heterocycles. The normalized spacial score (nSPS) is 18.9. The monoisotopic (exact) mass is 374 g/mol. The first-order valence-electron chi connectivity index (χ1n) is 9.91. The second-order valence-electron chi connectivity index (χ2n) is 7.30. The van der Waals surface area contributed by atoms with Crippen LogP contribution in [0.15, 0.2) is 71.8 Å². The van der Waals surface area contributed by atoms with Gasteiger partial charge in [-0.2, -0.15) is 0 Å². The molecule has 0 N–H and O–H groups in total. The van der Waals surface area contributed by atoms with Crippen molar-refractivity contribution in [3.63, 3.8) is 0 Å². The van der Waals surface area contributed by atoms with E-state index in [1.165, 1.54) is 17.5 Å². The number of rotatable bonds is 5. The average molecular weight is 375 g/mol. The van der Waals surface area contributed by atoms with Gasteiger partial charge in [-0.3, -0.25) is 0 Å². The van der Waals surface area contributed by atoms with E-state index in [2.05, 4.69) is 86.4 Å². The van der Waals surface area contributed by atoms with Gasteiger partial charge in [-0.1, -0.05) is 105 Å². The third-order valence-corrected chi connectivity index (χ3v) is 5.40. The number of halogens is 1. The molecule has 1 atom stereocenters. The minimum Gasteiger partial charge on any atom is -0.0884 e. The van der Waals surface area contributed by atoms with Crippen molar-refractivity contribution < 1.29 is 0 Å². The molecule has 1 unspecified atom stereocenters. The lowest BCUT2D eigenvalue weighted by Gasteiger charge is -2.29. The molecule has 27 heavy (non-hydrogen) atoms. The van der Waals surface area contributed by atoms with Crippen LogP contribution in [0.4, 0.5) is 0 Å². The fourth-order valence-electron chi connectivity index (χ4n) is 3.64. The molecule has 1 aliphatic rings. The Morgan fingerprint density at radius 1 is 0.963 bits per heavy atom. The SMILES string of the molecule is CCCc1ccc(C#CC2(CCC)C=CC(c3ccccc3)=C(Cl)C2)cc1. The van der Waals surface area contributed by atoms with E-state index in [1.807, 2.05) is 6.07 Å². The first-order valence-corrected chi connectivity index (χ1v) is 10.3. The molecule has 0 saturated heterocycles. The summed E-state index contributed by atoms with van der Waals surface area (Å²) in [6, 6.07) is 19.0. The summed E-state index contributed by atoms with van der Waals surface area (Å²) in [7, 11) is 0. The first kappa shape index (κ1) is 19.5. The van der Waals surface area contributed by atoms with Gasteiger partial charge >= 0.3 is 0 Å². The minimum atomic E-state index is -0.174. The highest BCUT2D eigenvalue weighted by Gasteiger charge is 2.29. The van der Waals surface area contributed by atoms with Gasteiger partial charge in [0.15, 0.2) is 0 Å². The molecule has 0 heterocycles. The van der Waals surface area contributed by atoms with E-state index in [1.54, 1.807) is 0 Å². The fraction of sp³-hybridized carbons (Fsp3) is 0.308. The lowest BCUT2D eigenvalue weighted by molar-refractivity contribution is 0.463. The van der Waals surface area contributed by atoms with E-state index in [-0.39, 0.29) is 5.41 Å². The topological polar surface area (TPSA) is 0 Å². The third-order valence-electron chi connectivity index (χ3n) is 5.06. The Morgan fingerprint density at radius 3 is 2.33 bits per heavy atom. The fourth-order valence-corrected chi connectivity index (χ4v) is 4.05.